The predicted molar refractivity (Wildman–Crippen MR) is 69.0 cm³/mol. The molecule has 1 aromatic carbocycles. The molecule has 0 saturated carbocycles. The van der Waals surface area contributed by atoms with Crippen molar-refractivity contribution in [2.24, 2.45) is 5.92 Å². The largest absolute Gasteiger partial charge is 0.496 e. The number of hydrogen-bond acceptors (Lipinski definition) is 5. The van der Waals surface area contributed by atoms with Gasteiger partial charge < -0.3 is 14.2 Å². The first-order valence-corrected chi connectivity index (χ1v) is 5.82. The van der Waals surface area contributed by atoms with Gasteiger partial charge in [-0.3, -0.25) is 9.59 Å². The zero-order valence-corrected chi connectivity index (χ0v) is 11.6. The third kappa shape index (κ3) is 3.71. The van der Waals surface area contributed by atoms with E-state index < -0.39 is 17.9 Å². The average molecular weight is 266 g/mol. The fourth-order valence-electron chi connectivity index (χ4n) is 1.83. The van der Waals surface area contributed by atoms with Crippen molar-refractivity contribution < 1.29 is 23.8 Å². The molecule has 0 unspecified atom stereocenters. The van der Waals surface area contributed by atoms with Gasteiger partial charge in [0.2, 0.25) is 0 Å². The summed E-state index contributed by atoms with van der Waals surface area (Å²) in [6.07, 6.45) is 0.185. The second-order valence-corrected chi connectivity index (χ2v) is 4.12. The monoisotopic (exact) mass is 266 g/mol. The number of carbonyl (C=O) groups is 2. The van der Waals surface area contributed by atoms with Crippen molar-refractivity contribution in [3.8, 4) is 5.75 Å². The fourth-order valence-corrected chi connectivity index (χ4v) is 1.83. The van der Waals surface area contributed by atoms with Crippen LogP contribution in [0.2, 0.25) is 0 Å². The maximum atomic E-state index is 11.6. The highest BCUT2D eigenvalue weighted by Crippen LogP contribution is 2.23. The number of ether oxygens (including phenoxy) is 3. The Hall–Kier alpha value is -2.04. The topological polar surface area (TPSA) is 61.8 Å². The summed E-state index contributed by atoms with van der Waals surface area (Å²) < 4.78 is 14.5. The Bertz CT molecular complexity index is 451. The number of rotatable bonds is 5. The Labute approximate surface area is 112 Å². The van der Waals surface area contributed by atoms with Crippen LogP contribution >= 0.6 is 0 Å². The minimum absolute atomic E-state index is 0.185. The molecule has 0 aliphatic carbocycles. The van der Waals surface area contributed by atoms with E-state index in [1.807, 2.05) is 19.1 Å². The van der Waals surface area contributed by atoms with E-state index in [2.05, 4.69) is 9.47 Å². The van der Waals surface area contributed by atoms with Gasteiger partial charge in [0.1, 0.15) is 5.75 Å². The average Bonchev–Trinajstić information content (AvgIpc) is 2.43. The Morgan fingerprint density at radius 1 is 1.11 bits per heavy atom. The Kier molecular flexibility index (Phi) is 5.36. The van der Waals surface area contributed by atoms with E-state index in [0.29, 0.717) is 5.75 Å². The molecule has 0 amide bonds. The minimum Gasteiger partial charge on any atom is -0.496 e. The molecule has 1 aromatic rings. The molecule has 104 valence electrons. The Balaban J connectivity index is 3.05. The van der Waals surface area contributed by atoms with Gasteiger partial charge >= 0.3 is 11.9 Å². The summed E-state index contributed by atoms with van der Waals surface area (Å²) in [4.78, 5) is 23.3. The molecule has 0 aliphatic rings. The van der Waals surface area contributed by atoms with E-state index in [1.165, 1.54) is 14.2 Å². The molecule has 0 saturated heterocycles. The normalized spacial score (nSPS) is 10.2. The van der Waals surface area contributed by atoms with Crippen LogP contribution in [0.3, 0.4) is 0 Å². The van der Waals surface area contributed by atoms with Crippen molar-refractivity contribution in [2.45, 2.75) is 13.3 Å². The van der Waals surface area contributed by atoms with Crippen LogP contribution in [0, 0.1) is 12.8 Å². The zero-order chi connectivity index (χ0) is 14.4. The van der Waals surface area contributed by atoms with Crippen LogP contribution in [0.15, 0.2) is 18.2 Å². The molecular weight excluding hydrogens is 248 g/mol. The first-order chi connectivity index (χ1) is 9.03. The van der Waals surface area contributed by atoms with Crippen molar-refractivity contribution in [3.05, 3.63) is 29.3 Å². The van der Waals surface area contributed by atoms with E-state index in [0.717, 1.165) is 11.1 Å². The number of hydrogen-bond donors (Lipinski definition) is 0. The van der Waals surface area contributed by atoms with Crippen LogP contribution in [0.25, 0.3) is 0 Å². The maximum absolute atomic E-state index is 11.6. The zero-order valence-electron chi connectivity index (χ0n) is 11.6. The first-order valence-electron chi connectivity index (χ1n) is 5.82. The number of carbonyl (C=O) groups excluding carboxylic acids is 2. The molecule has 0 heterocycles. The van der Waals surface area contributed by atoms with E-state index in [1.54, 1.807) is 13.2 Å². The summed E-state index contributed by atoms with van der Waals surface area (Å²) in [6, 6.07) is 5.57. The number of esters is 2. The molecule has 0 spiro atoms. The molecule has 0 bridgehead atoms. The van der Waals surface area contributed by atoms with Crippen LogP contribution in [0.1, 0.15) is 11.1 Å². The molecule has 5 heteroatoms. The van der Waals surface area contributed by atoms with E-state index >= 15 is 0 Å². The second kappa shape index (κ2) is 6.78. The quantitative estimate of drug-likeness (QED) is 0.597. The number of benzene rings is 1. The highest BCUT2D eigenvalue weighted by Gasteiger charge is 2.29. The molecule has 1 rings (SSSR count). The van der Waals surface area contributed by atoms with Crippen LogP contribution in [0.4, 0.5) is 0 Å². The summed E-state index contributed by atoms with van der Waals surface area (Å²) in [6.45, 7) is 1.92. The lowest BCUT2D eigenvalue weighted by Gasteiger charge is -2.15. The standard InChI is InChI=1S/C14H18O5/c1-9-5-6-12(17-2)10(7-9)8-11(13(15)18-3)14(16)19-4/h5-7,11H,8H2,1-4H3. The number of methoxy groups -OCH3 is 3. The molecule has 0 atom stereocenters. The first kappa shape index (κ1) is 15.0. The van der Waals surface area contributed by atoms with Gasteiger partial charge in [-0.25, -0.2) is 0 Å². The minimum atomic E-state index is -0.981. The molecule has 0 N–H and O–H groups in total. The lowest BCUT2D eigenvalue weighted by molar-refractivity contribution is -0.158. The highest BCUT2D eigenvalue weighted by atomic mass is 16.5. The van der Waals surface area contributed by atoms with Gasteiger partial charge in [0.15, 0.2) is 5.92 Å². The van der Waals surface area contributed by atoms with Crippen LogP contribution < -0.4 is 4.74 Å². The van der Waals surface area contributed by atoms with Crippen molar-refractivity contribution in [2.75, 3.05) is 21.3 Å². The smallest absolute Gasteiger partial charge is 0.320 e. The molecule has 0 fully saturated rings. The molecule has 19 heavy (non-hydrogen) atoms. The molecule has 0 radical (unpaired) electrons. The van der Waals surface area contributed by atoms with Gasteiger partial charge in [-0.1, -0.05) is 17.7 Å². The lowest BCUT2D eigenvalue weighted by atomic mass is 9.97. The van der Waals surface area contributed by atoms with Gasteiger partial charge in [-0.2, -0.15) is 0 Å². The van der Waals surface area contributed by atoms with Gasteiger partial charge in [-0.05, 0) is 25.0 Å². The van der Waals surface area contributed by atoms with Gasteiger partial charge in [0, 0.05) is 0 Å². The molecule has 0 aliphatic heterocycles. The molecule has 0 aromatic heterocycles. The van der Waals surface area contributed by atoms with Gasteiger partial charge in [0.25, 0.3) is 0 Å². The summed E-state index contributed by atoms with van der Waals surface area (Å²) >= 11 is 0. The molecule has 5 nitrogen and oxygen atoms in total. The molecular formula is C14H18O5. The number of aryl methyl sites for hydroxylation is 1. The van der Waals surface area contributed by atoms with Crippen molar-refractivity contribution >= 4 is 11.9 Å². The predicted octanol–water partition coefficient (Wildman–Crippen LogP) is 1.51. The third-order valence-corrected chi connectivity index (χ3v) is 2.83. The summed E-state index contributed by atoms with van der Waals surface area (Å²) in [5.74, 6) is -1.58. The van der Waals surface area contributed by atoms with E-state index in [-0.39, 0.29) is 6.42 Å². The fraction of sp³-hybridized carbons (Fsp3) is 0.429. The van der Waals surface area contributed by atoms with Crippen molar-refractivity contribution in [1.29, 1.82) is 0 Å². The van der Waals surface area contributed by atoms with Crippen LogP contribution in [-0.2, 0) is 25.5 Å². The summed E-state index contributed by atoms with van der Waals surface area (Å²) in [5.41, 5.74) is 1.78. The van der Waals surface area contributed by atoms with Gasteiger partial charge in [0.05, 0.1) is 21.3 Å². The lowest BCUT2D eigenvalue weighted by Crippen LogP contribution is -2.28. The van der Waals surface area contributed by atoms with Crippen molar-refractivity contribution in [3.63, 3.8) is 0 Å². The van der Waals surface area contributed by atoms with Crippen molar-refractivity contribution in [1.82, 2.24) is 0 Å². The van der Waals surface area contributed by atoms with Gasteiger partial charge in [-0.15, -0.1) is 0 Å². The Morgan fingerprint density at radius 2 is 1.68 bits per heavy atom. The van der Waals surface area contributed by atoms with E-state index in [9.17, 15) is 9.59 Å². The third-order valence-electron chi connectivity index (χ3n) is 2.83. The maximum Gasteiger partial charge on any atom is 0.320 e. The SMILES string of the molecule is COC(=O)C(Cc1cc(C)ccc1OC)C(=O)OC. The second-order valence-electron chi connectivity index (χ2n) is 4.12. The summed E-state index contributed by atoms with van der Waals surface area (Å²) in [7, 11) is 4.02. The van der Waals surface area contributed by atoms with Crippen LogP contribution in [-0.4, -0.2) is 33.3 Å². The Morgan fingerprint density at radius 3 is 2.16 bits per heavy atom. The summed E-state index contributed by atoms with van der Waals surface area (Å²) in [5, 5.41) is 0. The van der Waals surface area contributed by atoms with Crippen LogP contribution in [0.5, 0.6) is 5.75 Å². The van der Waals surface area contributed by atoms with E-state index in [4.69, 9.17) is 4.74 Å². The highest BCUT2D eigenvalue weighted by molar-refractivity contribution is 5.95.